The van der Waals surface area contributed by atoms with Crippen LogP contribution in [-0.2, 0) is 27.7 Å². The third-order valence-electron chi connectivity index (χ3n) is 5.12. The molecule has 168 valence electrons. The summed E-state index contributed by atoms with van der Waals surface area (Å²) < 4.78 is 28.4. The molecule has 3 aromatic carbocycles. The molecule has 0 fully saturated rings. The second kappa shape index (κ2) is 11.3. The molecule has 1 amide bonds. The van der Waals surface area contributed by atoms with E-state index in [0.29, 0.717) is 5.02 Å². The van der Waals surface area contributed by atoms with Crippen LogP contribution in [0.1, 0.15) is 24.5 Å². The van der Waals surface area contributed by atoms with Crippen molar-refractivity contribution in [3.63, 3.8) is 0 Å². The zero-order valence-electron chi connectivity index (χ0n) is 17.9. The molecule has 0 spiro atoms. The number of carbonyl (C=O) groups is 1. The lowest BCUT2D eigenvalue weighted by atomic mass is 10.0. The summed E-state index contributed by atoms with van der Waals surface area (Å²) in [6.07, 6.45) is 1.81. The van der Waals surface area contributed by atoms with E-state index >= 15 is 0 Å². The second-order valence-corrected chi connectivity index (χ2v) is 9.90. The molecule has 0 radical (unpaired) electrons. The Hall–Kier alpha value is -2.67. The molecule has 7 heteroatoms. The first-order valence-corrected chi connectivity index (χ1v) is 12.4. The lowest BCUT2D eigenvalue weighted by Crippen LogP contribution is -2.50. The van der Waals surface area contributed by atoms with Gasteiger partial charge in [0, 0.05) is 11.1 Å². The molecule has 3 aromatic rings. The molecule has 2 atom stereocenters. The molecule has 3 rings (SSSR count). The van der Waals surface area contributed by atoms with Crippen molar-refractivity contribution in [1.29, 1.82) is 0 Å². The fraction of sp³-hybridized carbons (Fsp3) is 0.240. The summed E-state index contributed by atoms with van der Waals surface area (Å²) in [5.41, 5.74) is 2.06. The molecule has 0 aliphatic rings. The van der Waals surface area contributed by atoms with E-state index in [1.807, 2.05) is 67.6 Å². The van der Waals surface area contributed by atoms with Gasteiger partial charge in [-0.05, 0) is 61.6 Å². The molecule has 0 saturated carbocycles. The highest BCUT2D eigenvalue weighted by Gasteiger charge is 2.27. The topological polar surface area (TPSA) is 75.3 Å². The van der Waals surface area contributed by atoms with Gasteiger partial charge >= 0.3 is 0 Å². The monoisotopic (exact) mass is 470 g/mol. The summed E-state index contributed by atoms with van der Waals surface area (Å²) in [4.78, 5) is 13.1. The van der Waals surface area contributed by atoms with Crippen LogP contribution in [0.25, 0.3) is 0 Å². The van der Waals surface area contributed by atoms with Crippen LogP contribution in [0.5, 0.6) is 0 Å². The summed E-state index contributed by atoms with van der Waals surface area (Å²) in [5, 5.41) is 3.41. The van der Waals surface area contributed by atoms with Crippen molar-refractivity contribution in [2.24, 2.45) is 0 Å². The molecule has 0 aromatic heterocycles. The first-order chi connectivity index (χ1) is 15.3. The second-order valence-electron chi connectivity index (χ2n) is 7.75. The van der Waals surface area contributed by atoms with Crippen LogP contribution < -0.4 is 10.0 Å². The van der Waals surface area contributed by atoms with Crippen LogP contribution in [0.15, 0.2) is 89.8 Å². The minimum atomic E-state index is -3.90. The van der Waals surface area contributed by atoms with Gasteiger partial charge in [-0.1, -0.05) is 72.3 Å². The minimum absolute atomic E-state index is 0.0601. The van der Waals surface area contributed by atoms with E-state index in [-0.39, 0.29) is 23.3 Å². The molecule has 5 nitrogen and oxygen atoms in total. The summed E-state index contributed by atoms with van der Waals surface area (Å²) in [5.74, 6) is -0.355. The molecule has 0 heterocycles. The molecule has 2 N–H and O–H groups in total. The average Bonchev–Trinajstić information content (AvgIpc) is 2.79. The van der Waals surface area contributed by atoms with E-state index < -0.39 is 16.1 Å². The number of amides is 1. The number of hydrogen-bond acceptors (Lipinski definition) is 3. The highest BCUT2D eigenvalue weighted by atomic mass is 35.5. The number of carbonyl (C=O) groups excluding carboxylic acids is 1. The van der Waals surface area contributed by atoms with E-state index in [4.69, 9.17) is 11.6 Å². The minimum Gasteiger partial charge on any atom is -0.352 e. The standard InChI is InChI=1S/C25H27ClN2O3S/c1-19(12-13-20-8-4-2-5-9-20)27-25(29)24(18-21-10-6-3-7-11-21)28-32(30,31)23-16-14-22(26)15-17-23/h2-11,14-17,19,24,28H,12-13,18H2,1H3,(H,27,29)/t19-,24-/m1/s1. The third kappa shape index (κ3) is 7.19. The first-order valence-electron chi connectivity index (χ1n) is 10.5. The van der Waals surface area contributed by atoms with Gasteiger partial charge in [-0.2, -0.15) is 4.72 Å². The van der Waals surface area contributed by atoms with Crippen molar-refractivity contribution in [3.8, 4) is 0 Å². The summed E-state index contributed by atoms with van der Waals surface area (Å²) in [6, 6.07) is 24.2. The highest BCUT2D eigenvalue weighted by molar-refractivity contribution is 7.89. The molecular weight excluding hydrogens is 444 g/mol. The third-order valence-corrected chi connectivity index (χ3v) is 6.86. The highest BCUT2D eigenvalue weighted by Crippen LogP contribution is 2.15. The maximum Gasteiger partial charge on any atom is 0.241 e. The predicted molar refractivity (Wildman–Crippen MR) is 128 cm³/mol. The van der Waals surface area contributed by atoms with Gasteiger partial charge in [0.05, 0.1) is 4.90 Å². The number of rotatable bonds is 10. The molecule has 32 heavy (non-hydrogen) atoms. The van der Waals surface area contributed by atoms with Crippen molar-refractivity contribution >= 4 is 27.5 Å². The van der Waals surface area contributed by atoms with E-state index in [9.17, 15) is 13.2 Å². The quantitative estimate of drug-likeness (QED) is 0.462. The van der Waals surface area contributed by atoms with Gasteiger partial charge in [0.1, 0.15) is 6.04 Å². The number of sulfonamides is 1. The van der Waals surface area contributed by atoms with Gasteiger partial charge in [-0.25, -0.2) is 8.42 Å². The maximum atomic E-state index is 13.1. The molecule has 0 saturated heterocycles. The zero-order chi connectivity index (χ0) is 23.0. The lowest BCUT2D eigenvalue weighted by Gasteiger charge is -2.22. The SMILES string of the molecule is C[C@H](CCc1ccccc1)NC(=O)[C@@H](Cc1ccccc1)NS(=O)(=O)c1ccc(Cl)cc1. The van der Waals surface area contributed by atoms with Gasteiger partial charge in [0.15, 0.2) is 0 Å². The lowest BCUT2D eigenvalue weighted by molar-refractivity contribution is -0.123. The van der Waals surface area contributed by atoms with E-state index in [1.165, 1.54) is 29.8 Å². The maximum absolute atomic E-state index is 13.1. The molecule has 0 bridgehead atoms. The Kier molecular flexibility index (Phi) is 8.45. The molecule has 0 unspecified atom stereocenters. The Labute approximate surface area is 194 Å². The van der Waals surface area contributed by atoms with E-state index in [2.05, 4.69) is 10.0 Å². The van der Waals surface area contributed by atoms with E-state index in [0.717, 1.165) is 18.4 Å². The molecule has 0 aliphatic heterocycles. The van der Waals surface area contributed by atoms with Gasteiger partial charge in [-0.3, -0.25) is 4.79 Å². The summed E-state index contributed by atoms with van der Waals surface area (Å²) in [7, 11) is -3.90. The van der Waals surface area contributed by atoms with Crippen LogP contribution in [0.4, 0.5) is 0 Å². The summed E-state index contributed by atoms with van der Waals surface area (Å²) >= 11 is 5.88. The largest absolute Gasteiger partial charge is 0.352 e. The predicted octanol–water partition coefficient (Wildman–Crippen LogP) is 4.37. The Bertz CT molecular complexity index is 1100. The molecular formula is C25H27ClN2O3S. The van der Waals surface area contributed by atoms with Crippen molar-refractivity contribution < 1.29 is 13.2 Å². The van der Waals surface area contributed by atoms with E-state index in [1.54, 1.807) is 0 Å². The Balaban J connectivity index is 1.71. The van der Waals surface area contributed by atoms with Gasteiger partial charge in [0.25, 0.3) is 0 Å². The van der Waals surface area contributed by atoms with Gasteiger partial charge in [-0.15, -0.1) is 0 Å². The number of benzene rings is 3. The van der Waals surface area contributed by atoms with Crippen LogP contribution in [0, 0.1) is 0 Å². The average molecular weight is 471 g/mol. The molecule has 0 aliphatic carbocycles. The number of nitrogens with one attached hydrogen (secondary N) is 2. The van der Waals surface area contributed by atoms with Crippen LogP contribution in [0.3, 0.4) is 0 Å². The van der Waals surface area contributed by atoms with Gasteiger partial charge < -0.3 is 5.32 Å². The van der Waals surface area contributed by atoms with Crippen molar-refractivity contribution in [1.82, 2.24) is 10.0 Å². The normalized spacial score (nSPS) is 13.3. The van der Waals surface area contributed by atoms with Crippen LogP contribution >= 0.6 is 11.6 Å². The Morgan fingerprint density at radius 1 is 0.875 bits per heavy atom. The smallest absolute Gasteiger partial charge is 0.241 e. The number of aryl methyl sites for hydroxylation is 1. The number of hydrogen-bond donors (Lipinski definition) is 2. The van der Waals surface area contributed by atoms with Crippen LogP contribution in [0.2, 0.25) is 5.02 Å². The Morgan fingerprint density at radius 3 is 2.03 bits per heavy atom. The van der Waals surface area contributed by atoms with Gasteiger partial charge in [0.2, 0.25) is 15.9 Å². The van der Waals surface area contributed by atoms with Crippen LogP contribution in [-0.4, -0.2) is 26.4 Å². The summed E-state index contributed by atoms with van der Waals surface area (Å²) in [6.45, 7) is 1.92. The van der Waals surface area contributed by atoms with Crippen molar-refractivity contribution in [3.05, 3.63) is 101 Å². The Morgan fingerprint density at radius 2 is 1.44 bits per heavy atom. The fourth-order valence-corrected chi connectivity index (χ4v) is 4.67. The number of halogens is 1. The fourth-order valence-electron chi connectivity index (χ4n) is 3.35. The zero-order valence-corrected chi connectivity index (χ0v) is 19.4. The first kappa shape index (κ1) is 24.0. The van der Waals surface area contributed by atoms with Crippen molar-refractivity contribution in [2.75, 3.05) is 0 Å². The van der Waals surface area contributed by atoms with Crippen molar-refractivity contribution in [2.45, 2.75) is 43.2 Å².